The number of aliphatic carboxylic acids is 1. The molecular weight excluding hydrogens is 440 g/mol. The number of carboxylic acids is 1. The number of aromatic nitrogens is 2. The Morgan fingerprint density at radius 2 is 1.68 bits per heavy atom. The molecule has 1 aliphatic heterocycles. The van der Waals surface area contributed by atoms with Crippen molar-refractivity contribution < 1.29 is 29.3 Å². The number of hydrogen-bond donors (Lipinski definition) is 3. The van der Waals surface area contributed by atoms with Crippen LogP contribution in [0.2, 0.25) is 0 Å². The van der Waals surface area contributed by atoms with Gasteiger partial charge in [-0.2, -0.15) is 5.10 Å². The van der Waals surface area contributed by atoms with Gasteiger partial charge in [-0.15, -0.1) is 0 Å². The first kappa shape index (κ1) is 21.7. The number of likely N-dealkylation sites (tertiary alicyclic amines) is 1. The van der Waals surface area contributed by atoms with Crippen LogP contribution in [0.25, 0.3) is 11.1 Å². The number of fused-ring (bicyclic) bond motifs is 3. The predicted octanol–water partition coefficient (Wildman–Crippen LogP) is 2.05. The Hall–Kier alpha value is -4.18. The molecule has 2 heterocycles. The highest BCUT2D eigenvalue weighted by atomic mass is 16.5. The van der Waals surface area contributed by atoms with E-state index in [2.05, 4.69) is 10.4 Å². The fourth-order valence-electron chi connectivity index (χ4n) is 4.50. The largest absolute Gasteiger partial charge is 0.479 e. The van der Waals surface area contributed by atoms with Crippen LogP contribution in [0.1, 0.15) is 27.4 Å². The van der Waals surface area contributed by atoms with E-state index < -0.39 is 23.6 Å². The van der Waals surface area contributed by atoms with Gasteiger partial charge in [0.2, 0.25) is 0 Å². The summed E-state index contributed by atoms with van der Waals surface area (Å²) in [4.78, 5) is 37.6. The van der Waals surface area contributed by atoms with Crippen molar-refractivity contribution >= 4 is 23.8 Å². The molecule has 3 aromatic rings. The van der Waals surface area contributed by atoms with E-state index in [0.29, 0.717) is 0 Å². The highest BCUT2D eigenvalue weighted by Gasteiger charge is 2.50. The summed E-state index contributed by atoms with van der Waals surface area (Å²) >= 11 is 0. The molecule has 10 nitrogen and oxygen atoms in total. The van der Waals surface area contributed by atoms with Crippen molar-refractivity contribution in [1.29, 1.82) is 0 Å². The van der Waals surface area contributed by atoms with Gasteiger partial charge in [-0.25, -0.2) is 9.59 Å². The van der Waals surface area contributed by atoms with E-state index in [1.807, 2.05) is 48.5 Å². The van der Waals surface area contributed by atoms with Gasteiger partial charge in [-0.1, -0.05) is 48.5 Å². The first-order valence-electron chi connectivity index (χ1n) is 10.7. The molecule has 34 heavy (non-hydrogen) atoms. The number of carbonyl (C=O) groups is 3. The van der Waals surface area contributed by atoms with E-state index in [0.717, 1.165) is 22.3 Å². The minimum atomic E-state index is -1.96. The minimum Gasteiger partial charge on any atom is -0.479 e. The Morgan fingerprint density at radius 1 is 1.09 bits per heavy atom. The molecule has 5 rings (SSSR count). The van der Waals surface area contributed by atoms with Crippen molar-refractivity contribution in [3.8, 4) is 11.1 Å². The highest BCUT2D eigenvalue weighted by molar-refractivity contribution is 6.02. The van der Waals surface area contributed by atoms with E-state index in [1.165, 1.54) is 15.8 Å². The van der Waals surface area contributed by atoms with Crippen molar-refractivity contribution in [2.75, 3.05) is 25.0 Å². The second kappa shape index (κ2) is 7.99. The number of amides is 2. The molecular formula is C24H22N4O6. The number of aryl methyl sites for hydroxylation is 1. The summed E-state index contributed by atoms with van der Waals surface area (Å²) < 4.78 is 6.87. The third-order valence-electron chi connectivity index (χ3n) is 6.21. The number of benzene rings is 2. The smallest absolute Gasteiger partial charge is 0.412 e. The number of nitrogens with one attached hydrogen (secondary N) is 1. The summed E-state index contributed by atoms with van der Waals surface area (Å²) in [7, 11) is 1.59. The van der Waals surface area contributed by atoms with Crippen molar-refractivity contribution in [1.82, 2.24) is 14.7 Å². The maximum atomic E-state index is 12.8. The monoisotopic (exact) mass is 462 g/mol. The summed E-state index contributed by atoms with van der Waals surface area (Å²) in [6.45, 7) is -0.589. The van der Waals surface area contributed by atoms with E-state index >= 15 is 0 Å². The normalized spacial score (nSPS) is 15.8. The number of rotatable bonds is 5. The molecule has 0 radical (unpaired) electrons. The quantitative estimate of drug-likeness (QED) is 0.528. The first-order valence-corrected chi connectivity index (χ1v) is 10.7. The number of anilines is 1. The third-order valence-corrected chi connectivity index (χ3v) is 6.21. The van der Waals surface area contributed by atoms with Gasteiger partial charge < -0.3 is 19.8 Å². The fraction of sp³-hybridized carbons (Fsp3) is 0.250. The number of aliphatic hydroxyl groups is 1. The number of nitrogens with zero attached hydrogens (tertiary/aromatic N) is 3. The first-order chi connectivity index (χ1) is 16.3. The van der Waals surface area contributed by atoms with Crippen molar-refractivity contribution in [2.45, 2.75) is 11.5 Å². The maximum absolute atomic E-state index is 12.8. The van der Waals surface area contributed by atoms with Gasteiger partial charge in [0.15, 0.2) is 11.4 Å². The molecule has 2 amide bonds. The zero-order valence-corrected chi connectivity index (χ0v) is 18.3. The molecule has 1 aliphatic carbocycles. The van der Waals surface area contributed by atoms with Gasteiger partial charge in [-0.3, -0.25) is 14.8 Å². The van der Waals surface area contributed by atoms with Crippen LogP contribution in [0, 0.1) is 0 Å². The van der Waals surface area contributed by atoms with E-state index in [4.69, 9.17) is 9.84 Å². The van der Waals surface area contributed by atoms with Crippen molar-refractivity contribution in [3.05, 3.63) is 71.4 Å². The second-order valence-electron chi connectivity index (χ2n) is 8.51. The van der Waals surface area contributed by atoms with Crippen LogP contribution in [0.4, 0.5) is 10.6 Å². The van der Waals surface area contributed by atoms with Crippen LogP contribution in [0.5, 0.6) is 0 Å². The molecule has 1 aromatic heterocycles. The van der Waals surface area contributed by atoms with Gasteiger partial charge in [0.25, 0.3) is 5.91 Å². The molecule has 0 saturated carbocycles. The Balaban J connectivity index is 1.27. The molecule has 1 saturated heterocycles. The van der Waals surface area contributed by atoms with Gasteiger partial charge in [-0.05, 0) is 22.3 Å². The summed E-state index contributed by atoms with van der Waals surface area (Å²) in [5.74, 6) is -2.05. The van der Waals surface area contributed by atoms with Crippen LogP contribution < -0.4 is 5.32 Å². The Bertz CT molecular complexity index is 1260. The summed E-state index contributed by atoms with van der Waals surface area (Å²) in [6, 6.07) is 16.0. The van der Waals surface area contributed by atoms with Gasteiger partial charge >= 0.3 is 12.1 Å². The average Bonchev–Trinajstić information content (AvgIpc) is 3.32. The predicted molar refractivity (Wildman–Crippen MR) is 120 cm³/mol. The van der Waals surface area contributed by atoms with Crippen molar-refractivity contribution in [3.63, 3.8) is 0 Å². The molecule has 174 valence electrons. The lowest BCUT2D eigenvalue weighted by Crippen LogP contribution is -2.67. The summed E-state index contributed by atoms with van der Waals surface area (Å²) in [5.41, 5.74) is 2.49. The standard InChI is InChI=1S/C24H22N4O6/c1-27-10-18(21(29)28-12-24(33,13-28)22(30)31)20(26-27)25-23(32)34-11-19-16-8-4-2-6-14(16)15-7-3-5-9-17(15)19/h2-10,19,33H,11-13H2,1H3,(H,30,31)(H,25,26,32). The number of carboxylic acid groups (broad SMARTS) is 1. The zero-order chi connectivity index (χ0) is 24.0. The molecule has 0 unspecified atom stereocenters. The lowest BCUT2D eigenvalue weighted by Gasteiger charge is -2.43. The zero-order valence-electron chi connectivity index (χ0n) is 18.3. The van der Waals surface area contributed by atoms with Gasteiger partial charge in [0, 0.05) is 19.2 Å². The van der Waals surface area contributed by atoms with Crippen LogP contribution >= 0.6 is 0 Å². The fourth-order valence-corrected chi connectivity index (χ4v) is 4.50. The van der Waals surface area contributed by atoms with Gasteiger partial charge in [0.05, 0.1) is 13.1 Å². The minimum absolute atomic E-state index is 0.00418. The molecule has 2 aromatic carbocycles. The lowest BCUT2D eigenvalue weighted by atomic mass is 9.94. The topological polar surface area (TPSA) is 134 Å². The molecule has 2 aliphatic rings. The molecule has 3 N–H and O–H groups in total. The number of carbonyl (C=O) groups excluding carboxylic acids is 2. The van der Waals surface area contributed by atoms with Gasteiger partial charge in [0.1, 0.15) is 12.2 Å². The molecule has 0 spiro atoms. The molecule has 0 bridgehead atoms. The molecule has 0 atom stereocenters. The summed E-state index contributed by atoms with van der Waals surface area (Å²) in [6.07, 6.45) is 0.653. The Labute approximate surface area is 194 Å². The molecule has 1 fully saturated rings. The van der Waals surface area contributed by atoms with Crippen LogP contribution in [0.15, 0.2) is 54.7 Å². The summed E-state index contributed by atoms with van der Waals surface area (Å²) in [5, 5.41) is 25.5. The van der Waals surface area contributed by atoms with Crippen LogP contribution in [-0.2, 0) is 16.6 Å². The Morgan fingerprint density at radius 3 is 2.26 bits per heavy atom. The second-order valence-corrected chi connectivity index (χ2v) is 8.51. The van der Waals surface area contributed by atoms with E-state index in [-0.39, 0.29) is 37.0 Å². The van der Waals surface area contributed by atoms with Crippen LogP contribution in [0.3, 0.4) is 0 Å². The van der Waals surface area contributed by atoms with Crippen molar-refractivity contribution in [2.24, 2.45) is 7.05 Å². The van der Waals surface area contributed by atoms with Crippen LogP contribution in [-0.4, -0.2) is 68.2 Å². The Kier molecular flexibility index (Phi) is 5.09. The lowest BCUT2D eigenvalue weighted by molar-refractivity contribution is -0.173. The average molecular weight is 462 g/mol. The molecule has 10 heteroatoms. The number of hydrogen-bond acceptors (Lipinski definition) is 6. The number of β-amino-alcohol motifs (C(OH)–C–C–N with tert-alkyl or cyclic N) is 1. The SMILES string of the molecule is Cn1cc(C(=O)N2CC(O)(C(=O)O)C2)c(NC(=O)OCC2c3ccccc3-c3ccccc32)n1. The third kappa shape index (κ3) is 3.57. The highest BCUT2D eigenvalue weighted by Crippen LogP contribution is 2.44. The number of ether oxygens (including phenoxy) is 1. The van der Waals surface area contributed by atoms with E-state index in [1.54, 1.807) is 7.05 Å². The maximum Gasteiger partial charge on any atom is 0.412 e. The van der Waals surface area contributed by atoms with E-state index in [9.17, 15) is 19.5 Å².